The summed E-state index contributed by atoms with van der Waals surface area (Å²) < 4.78 is 39.4. The molecule has 0 aliphatic carbocycles. The molecule has 0 unspecified atom stereocenters. The summed E-state index contributed by atoms with van der Waals surface area (Å²) in [6.45, 7) is -2.92. The van der Waals surface area contributed by atoms with Crippen LogP contribution in [0, 0.1) is 0 Å². The Balaban J connectivity index is 2.18. The first-order chi connectivity index (χ1) is 12.9. The summed E-state index contributed by atoms with van der Waals surface area (Å²) in [7, 11) is 2.90. The fraction of sp³-hybridized carbons (Fsp3) is 0.158. The third kappa shape index (κ3) is 3.74. The molecule has 3 aromatic rings. The van der Waals surface area contributed by atoms with E-state index in [4.69, 9.17) is 9.47 Å². The second-order valence-corrected chi connectivity index (χ2v) is 5.49. The fourth-order valence-corrected chi connectivity index (χ4v) is 2.71. The molecule has 1 heterocycles. The van der Waals surface area contributed by atoms with Gasteiger partial charge >= 0.3 is 12.6 Å². The van der Waals surface area contributed by atoms with Crippen LogP contribution >= 0.6 is 0 Å². The molecule has 1 N–H and O–H groups in total. The van der Waals surface area contributed by atoms with Gasteiger partial charge in [0, 0.05) is 17.7 Å². The van der Waals surface area contributed by atoms with Gasteiger partial charge in [0.1, 0.15) is 17.2 Å². The van der Waals surface area contributed by atoms with Crippen molar-refractivity contribution in [2.45, 2.75) is 6.61 Å². The van der Waals surface area contributed by atoms with Gasteiger partial charge in [-0.05, 0) is 30.3 Å². The summed E-state index contributed by atoms with van der Waals surface area (Å²) in [4.78, 5) is 16.3. The Bertz CT molecular complexity index is 990. The van der Waals surface area contributed by atoms with Crippen LogP contribution in [0.2, 0.25) is 0 Å². The third-order valence-electron chi connectivity index (χ3n) is 3.91. The number of ether oxygens (including phenoxy) is 3. The molecular weight excluding hydrogens is 360 g/mol. The number of nitrogens with zero attached hydrogens (tertiary/aromatic N) is 1. The molecule has 0 bridgehead atoms. The van der Waals surface area contributed by atoms with Gasteiger partial charge in [0.05, 0.1) is 36.4 Å². The van der Waals surface area contributed by atoms with E-state index >= 15 is 0 Å². The van der Waals surface area contributed by atoms with Gasteiger partial charge in [-0.2, -0.15) is 8.78 Å². The standard InChI is InChI=1S/C19H15F2NO5/c1-25-12-7-15-17(16(8-12)26-2)13(18(23)24)9-14(22-15)10-3-5-11(6-4-10)27-19(20)21/h3-9,19H,1-2H3,(H,23,24). The molecule has 0 radical (unpaired) electrons. The average molecular weight is 375 g/mol. The van der Waals surface area contributed by atoms with Crippen LogP contribution in [0.3, 0.4) is 0 Å². The van der Waals surface area contributed by atoms with E-state index in [1.165, 1.54) is 44.6 Å². The van der Waals surface area contributed by atoms with Crippen molar-refractivity contribution < 1.29 is 32.9 Å². The topological polar surface area (TPSA) is 77.9 Å². The van der Waals surface area contributed by atoms with E-state index in [-0.39, 0.29) is 11.3 Å². The molecule has 0 atom stereocenters. The summed E-state index contributed by atoms with van der Waals surface area (Å²) in [5, 5.41) is 9.97. The van der Waals surface area contributed by atoms with E-state index in [0.29, 0.717) is 33.7 Å². The van der Waals surface area contributed by atoms with E-state index in [9.17, 15) is 18.7 Å². The van der Waals surface area contributed by atoms with Crippen molar-refractivity contribution in [3.8, 4) is 28.5 Å². The highest BCUT2D eigenvalue weighted by molar-refractivity contribution is 6.06. The van der Waals surface area contributed by atoms with E-state index in [0.717, 1.165) is 0 Å². The zero-order valence-electron chi connectivity index (χ0n) is 14.4. The first kappa shape index (κ1) is 18.4. The minimum atomic E-state index is -2.92. The highest BCUT2D eigenvalue weighted by atomic mass is 19.3. The second-order valence-electron chi connectivity index (χ2n) is 5.49. The van der Waals surface area contributed by atoms with E-state index in [1.807, 2.05) is 0 Å². The van der Waals surface area contributed by atoms with Crippen LogP contribution in [0.15, 0.2) is 42.5 Å². The summed E-state index contributed by atoms with van der Waals surface area (Å²) >= 11 is 0. The number of carbonyl (C=O) groups is 1. The zero-order chi connectivity index (χ0) is 19.6. The fourth-order valence-electron chi connectivity index (χ4n) is 2.71. The van der Waals surface area contributed by atoms with E-state index in [1.54, 1.807) is 12.1 Å². The number of alkyl halides is 2. The number of rotatable bonds is 6. The maximum atomic E-state index is 12.3. The molecule has 0 amide bonds. The smallest absolute Gasteiger partial charge is 0.387 e. The minimum absolute atomic E-state index is 0.00223. The Morgan fingerprint density at radius 2 is 1.74 bits per heavy atom. The van der Waals surface area contributed by atoms with Crippen molar-refractivity contribution in [2.24, 2.45) is 0 Å². The molecule has 3 rings (SSSR count). The zero-order valence-corrected chi connectivity index (χ0v) is 14.4. The number of halogens is 2. The normalized spacial score (nSPS) is 10.9. The average Bonchev–Trinajstić information content (AvgIpc) is 2.66. The van der Waals surface area contributed by atoms with Crippen LogP contribution in [-0.2, 0) is 0 Å². The predicted octanol–water partition coefficient (Wildman–Crippen LogP) is 4.22. The molecule has 0 saturated carbocycles. The lowest BCUT2D eigenvalue weighted by atomic mass is 10.0. The summed E-state index contributed by atoms with van der Waals surface area (Å²) in [6, 6.07) is 10.3. The SMILES string of the molecule is COc1cc(OC)c2c(C(=O)O)cc(-c3ccc(OC(F)F)cc3)nc2c1. The van der Waals surface area contributed by atoms with Gasteiger partial charge < -0.3 is 19.3 Å². The number of pyridine rings is 1. The van der Waals surface area contributed by atoms with Crippen LogP contribution in [0.1, 0.15) is 10.4 Å². The Morgan fingerprint density at radius 3 is 2.30 bits per heavy atom. The molecule has 140 valence electrons. The molecular formula is C19H15F2NO5. The van der Waals surface area contributed by atoms with Crippen LogP contribution < -0.4 is 14.2 Å². The van der Waals surface area contributed by atoms with Crippen molar-refractivity contribution in [1.82, 2.24) is 4.98 Å². The second kappa shape index (κ2) is 7.45. The number of benzene rings is 2. The quantitative estimate of drug-likeness (QED) is 0.695. The highest BCUT2D eigenvalue weighted by Gasteiger charge is 2.18. The lowest BCUT2D eigenvalue weighted by Gasteiger charge is -2.13. The number of carboxylic acid groups (broad SMARTS) is 1. The first-order valence-electron chi connectivity index (χ1n) is 7.78. The molecule has 8 heteroatoms. The minimum Gasteiger partial charge on any atom is -0.497 e. The Kier molecular flexibility index (Phi) is 5.07. The van der Waals surface area contributed by atoms with Gasteiger partial charge in [-0.25, -0.2) is 9.78 Å². The monoisotopic (exact) mass is 375 g/mol. The van der Waals surface area contributed by atoms with E-state index < -0.39 is 12.6 Å². The molecule has 2 aromatic carbocycles. The molecule has 0 fully saturated rings. The van der Waals surface area contributed by atoms with Crippen molar-refractivity contribution in [3.63, 3.8) is 0 Å². The van der Waals surface area contributed by atoms with Crippen molar-refractivity contribution in [2.75, 3.05) is 14.2 Å². The number of hydrogen-bond donors (Lipinski definition) is 1. The van der Waals surface area contributed by atoms with Crippen molar-refractivity contribution >= 4 is 16.9 Å². The van der Waals surface area contributed by atoms with Crippen LogP contribution in [0.5, 0.6) is 17.2 Å². The lowest BCUT2D eigenvalue weighted by molar-refractivity contribution is -0.0498. The molecule has 1 aromatic heterocycles. The number of methoxy groups -OCH3 is 2. The summed E-state index contributed by atoms with van der Waals surface area (Å²) in [6.07, 6.45) is 0. The van der Waals surface area contributed by atoms with Crippen LogP contribution in [-0.4, -0.2) is 36.9 Å². The van der Waals surface area contributed by atoms with Crippen molar-refractivity contribution in [3.05, 3.63) is 48.0 Å². The highest BCUT2D eigenvalue weighted by Crippen LogP contribution is 2.35. The molecule has 0 saturated heterocycles. The van der Waals surface area contributed by atoms with Gasteiger partial charge in [-0.15, -0.1) is 0 Å². The first-order valence-corrected chi connectivity index (χ1v) is 7.78. The van der Waals surface area contributed by atoms with Gasteiger partial charge in [-0.3, -0.25) is 0 Å². The molecule has 0 aliphatic rings. The largest absolute Gasteiger partial charge is 0.497 e. The maximum absolute atomic E-state index is 12.3. The Labute approximate surface area is 152 Å². The summed E-state index contributed by atoms with van der Waals surface area (Å²) in [5.74, 6) is -0.372. The number of hydrogen-bond acceptors (Lipinski definition) is 5. The summed E-state index contributed by atoms with van der Waals surface area (Å²) in [5.41, 5.74) is 1.28. The van der Waals surface area contributed by atoms with Gasteiger partial charge in [0.2, 0.25) is 0 Å². The van der Waals surface area contributed by atoms with E-state index in [2.05, 4.69) is 9.72 Å². The van der Waals surface area contributed by atoms with Crippen LogP contribution in [0.4, 0.5) is 8.78 Å². The van der Waals surface area contributed by atoms with Gasteiger partial charge in [0.25, 0.3) is 0 Å². The number of carboxylic acids is 1. The maximum Gasteiger partial charge on any atom is 0.387 e. The molecule has 0 aliphatic heterocycles. The molecule has 6 nitrogen and oxygen atoms in total. The lowest BCUT2D eigenvalue weighted by Crippen LogP contribution is -2.03. The predicted molar refractivity (Wildman–Crippen MR) is 93.9 cm³/mol. The molecule has 27 heavy (non-hydrogen) atoms. The number of fused-ring (bicyclic) bond motifs is 1. The van der Waals surface area contributed by atoms with Gasteiger partial charge in [0.15, 0.2) is 0 Å². The van der Waals surface area contributed by atoms with Gasteiger partial charge in [-0.1, -0.05) is 0 Å². The van der Waals surface area contributed by atoms with Crippen molar-refractivity contribution in [1.29, 1.82) is 0 Å². The number of aromatic nitrogens is 1. The molecule has 0 spiro atoms. The Hall–Kier alpha value is -3.42. The van der Waals surface area contributed by atoms with Crippen LogP contribution in [0.25, 0.3) is 22.2 Å². The Morgan fingerprint density at radius 1 is 1.04 bits per heavy atom. The third-order valence-corrected chi connectivity index (χ3v) is 3.91. The number of aromatic carboxylic acids is 1.